The SMILES string of the molecule is Cc1[nH]c2ccccc2c1CCNC(=O)c1ccccc1. The summed E-state index contributed by atoms with van der Waals surface area (Å²) in [6.07, 6.45) is 0.828. The first-order chi connectivity index (χ1) is 10.3. The van der Waals surface area contributed by atoms with Gasteiger partial charge in [0.25, 0.3) is 5.91 Å². The first-order valence-corrected chi connectivity index (χ1v) is 7.15. The van der Waals surface area contributed by atoms with Crippen molar-refractivity contribution in [3.05, 3.63) is 71.4 Å². The van der Waals surface area contributed by atoms with E-state index in [1.165, 1.54) is 16.6 Å². The highest BCUT2D eigenvalue weighted by Crippen LogP contribution is 2.21. The summed E-state index contributed by atoms with van der Waals surface area (Å²) in [5, 5.41) is 4.22. The fraction of sp³-hybridized carbons (Fsp3) is 0.167. The van der Waals surface area contributed by atoms with Crippen LogP contribution < -0.4 is 5.32 Å². The maximum atomic E-state index is 12.0. The molecule has 0 aliphatic heterocycles. The molecule has 0 unspecified atom stereocenters. The Bertz CT molecular complexity index is 759. The van der Waals surface area contributed by atoms with Gasteiger partial charge in [0.2, 0.25) is 0 Å². The highest BCUT2D eigenvalue weighted by molar-refractivity contribution is 5.94. The Morgan fingerprint density at radius 1 is 1.05 bits per heavy atom. The average molecular weight is 278 g/mol. The molecule has 3 nitrogen and oxygen atoms in total. The van der Waals surface area contributed by atoms with Gasteiger partial charge in [0.15, 0.2) is 0 Å². The van der Waals surface area contributed by atoms with Gasteiger partial charge in [-0.05, 0) is 37.1 Å². The fourth-order valence-corrected chi connectivity index (χ4v) is 2.65. The van der Waals surface area contributed by atoms with Crippen molar-refractivity contribution >= 4 is 16.8 Å². The molecule has 0 aliphatic rings. The summed E-state index contributed by atoms with van der Waals surface area (Å²) in [6.45, 7) is 2.71. The summed E-state index contributed by atoms with van der Waals surface area (Å²) in [4.78, 5) is 15.4. The Labute approximate surface area is 124 Å². The lowest BCUT2D eigenvalue weighted by atomic mass is 10.1. The summed E-state index contributed by atoms with van der Waals surface area (Å²) in [6, 6.07) is 17.6. The van der Waals surface area contributed by atoms with Gasteiger partial charge in [0.05, 0.1) is 0 Å². The Kier molecular flexibility index (Phi) is 3.73. The fourth-order valence-electron chi connectivity index (χ4n) is 2.65. The molecule has 0 aliphatic carbocycles. The molecule has 0 atom stereocenters. The van der Waals surface area contributed by atoms with Crippen molar-refractivity contribution in [1.82, 2.24) is 10.3 Å². The van der Waals surface area contributed by atoms with Crippen molar-refractivity contribution in [2.75, 3.05) is 6.54 Å². The van der Waals surface area contributed by atoms with Crippen LogP contribution in [0.25, 0.3) is 10.9 Å². The zero-order valence-corrected chi connectivity index (χ0v) is 12.0. The number of carbonyl (C=O) groups excluding carboxylic acids is 1. The lowest BCUT2D eigenvalue weighted by Gasteiger charge is -2.05. The number of hydrogen-bond acceptors (Lipinski definition) is 1. The highest BCUT2D eigenvalue weighted by Gasteiger charge is 2.09. The summed E-state index contributed by atoms with van der Waals surface area (Å²) in [5.74, 6) is -0.0203. The van der Waals surface area contributed by atoms with Crippen LogP contribution in [0.2, 0.25) is 0 Å². The van der Waals surface area contributed by atoms with Crippen LogP contribution in [0.1, 0.15) is 21.6 Å². The number of para-hydroxylation sites is 1. The number of amides is 1. The molecule has 2 aromatic carbocycles. The third kappa shape index (κ3) is 2.82. The van der Waals surface area contributed by atoms with Crippen LogP contribution in [-0.4, -0.2) is 17.4 Å². The van der Waals surface area contributed by atoms with Crippen LogP contribution in [0.15, 0.2) is 54.6 Å². The molecule has 1 amide bonds. The largest absolute Gasteiger partial charge is 0.358 e. The van der Waals surface area contributed by atoms with Gasteiger partial charge in [-0.15, -0.1) is 0 Å². The van der Waals surface area contributed by atoms with Crippen LogP contribution in [0.3, 0.4) is 0 Å². The predicted octanol–water partition coefficient (Wildman–Crippen LogP) is 3.45. The number of aromatic nitrogens is 1. The van der Waals surface area contributed by atoms with Crippen LogP contribution in [0.5, 0.6) is 0 Å². The van der Waals surface area contributed by atoms with Crippen LogP contribution >= 0.6 is 0 Å². The molecule has 0 spiro atoms. The zero-order chi connectivity index (χ0) is 14.7. The average Bonchev–Trinajstić information content (AvgIpc) is 2.84. The van der Waals surface area contributed by atoms with Gasteiger partial charge < -0.3 is 10.3 Å². The maximum absolute atomic E-state index is 12.0. The molecular formula is C18H18N2O. The minimum atomic E-state index is -0.0203. The molecule has 3 heteroatoms. The molecular weight excluding hydrogens is 260 g/mol. The van der Waals surface area contributed by atoms with Gasteiger partial charge >= 0.3 is 0 Å². The molecule has 21 heavy (non-hydrogen) atoms. The van der Waals surface area contributed by atoms with E-state index in [0.717, 1.165) is 11.9 Å². The first-order valence-electron chi connectivity index (χ1n) is 7.15. The minimum absolute atomic E-state index is 0.0203. The third-order valence-electron chi connectivity index (χ3n) is 3.72. The molecule has 0 fully saturated rings. The Morgan fingerprint density at radius 2 is 1.76 bits per heavy atom. The Balaban J connectivity index is 1.67. The van der Waals surface area contributed by atoms with Crippen molar-refractivity contribution < 1.29 is 4.79 Å². The van der Waals surface area contributed by atoms with E-state index in [9.17, 15) is 4.79 Å². The monoisotopic (exact) mass is 278 g/mol. The van der Waals surface area contributed by atoms with E-state index in [-0.39, 0.29) is 5.91 Å². The topological polar surface area (TPSA) is 44.9 Å². The molecule has 1 heterocycles. The summed E-state index contributed by atoms with van der Waals surface area (Å²) >= 11 is 0. The zero-order valence-electron chi connectivity index (χ0n) is 12.0. The molecule has 0 saturated carbocycles. The number of carbonyl (C=O) groups is 1. The summed E-state index contributed by atoms with van der Waals surface area (Å²) in [7, 11) is 0. The summed E-state index contributed by atoms with van der Waals surface area (Å²) < 4.78 is 0. The predicted molar refractivity (Wildman–Crippen MR) is 85.5 cm³/mol. The third-order valence-corrected chi connectivity index (χ3v) is 3.72. The Morgan fingerprint density at radius 3 is 2.57 bits per heavy atom. The second kappa shape index (κ2) is 5.83. The molecule has 3 rings (SSSR count). The molecule has 0 bridgehead atoms. The number of aromatic amines is 1. The van der Waals surface area contributed by atoms with E-state index >= 15 is 0 Å². The number of rotatable bonds is 4. The van der Waals surface area contributed by atoms with Gasteiger partial charge in [-0.2, -0.15) is 0 Å². The van der Waals surface area contributed by atoms with E-state index in [1.54, 1.807) is 0 Å². The molecule has 0 radical (unpaired) electrons. The smallest absolute Gasteiger partial charge is 0.251 e. The molecule has 0 saturated heterocycles. The first kappa shape index (κ1) is 13.4. The van der Waals surface area contributed by atoms with Crippen molar-refractivity contribution in [2.45, 2.75) is 13.3 Å². The highest BCUT2D eigenvalue weighted by atomic mass is 16.1. The van der Waals surface area contributed by atoms with Gasteiger partial charge in [-0.1, -0.05) is 36.4 Å². The van der Waals surface area contributed by atoms with E-state index in [4.69, 9.17) is 0 Å². The van der Waals surface area contributed by atoms with Gasteiger partial charge in [-0.25, -0.2) is 0 Å². The standard InChI is InChI=1S/C18H18N2O/c1-13-15(16-9-5-6-10-17(16)20-13)11-12-19-18(21)14-7-3-2-4-8-14/h2-10,20H,11-12H2,1H3,(H,19,21). The van der Waals surface area contributed by atoms with Gasteiger partial charge in [-0.3, -0.25) is 4.79 Å². The minimum Gasteiger partial charge on any atom is -0.358 e. The van der Waals surface area contributed by atoms with Crippen molar-refractivity contribution in [3.8, 4) is 0 Å². The van der Waals surface area contributed by atoms with Crippen LogP contribution in [-0.2, 0) is 6.42 Å². The van der Waals surface area contributed by atoms with Crippen molar-refractivity contribution in [3.63, 3.8) is 0 Å². The second-order valence-corrected chi connectivity index (χ2v) is 5.15. The number of aryl methyl sites for hydroxylation is 1. The van der Waals surface area contributed by atoms with Crippen molar-refractivity contribution in [1.29, 1.82) is 0 Å². The number of nitrogens with one attached hydrogen (secondary N) is 2. The number of fused-ring (bicyclic) bond motifs is 1. The molecule has 1 aromatic heterocycles. The quantitative estimate of drug-likeness (QED) is 0.754. The normalized spacial score (nSPS) is 10.7. The van der Waals surface area contributed by atoms with E-state index in [2.05, 4.69) is 29.4 Å². The number of hydrogen-bond donors (Lipinski definition) is 2. The van der Waals surface area contributed by atoms with Gasteiger partial charge in [0, 0.05) is 28.7 Å². The number of H-pyrrole nitrogens is 1. The van der Waals surface area contributed by atoms with E-state index < -0.39 is 0 Å². The van der Waals surface area contributed by atoms with Crippen molar-refractivity contribution in [2.24, 2.45) is 0 Å². The second-order valence-electron chi connectivity index (χ2n) is 5.15. The molecule has 2 N–H and O–H groups in total. The van der Waals surface area contributed by atoms with Gasteiger partial charge in [0.1, 0.15) is 0 Å². The molecule has 106 valence electrons. The lowest BCUT2D eigenvalue weighted by Crippen LogP contribution is -2.25. The van der Waals surface area contributed by atoms with E-state index in [1.807, 2.05) is 42.5 Å². The maximum Gasteiger partial charge on any atom is 0.251 e. The van der Waals surface area contributed by atoms with E-state index in [0.29, 0.717) is 12.1 Å². The number of benzene rings is 2. The lowest BCUT2D eigenvalue weighted by molar-refractivity contribution is 0.0954. The molecule has 3 aromatic rings. The van der Waals surface area contributed by atoms with Crippen LogP contribution in [0, 0.1) is 6.92 Å². The Hall–Kier alpha value is -2.55. The summed E-state index contributed by atoms with van der Waals surface area (Å²) in [5.41, 5.74) is 4.30. The van der Waals surface area contributed by atoms with Crippen LogP contribution in [0.4, 0.5) is 0 Å².